The van der Waals surface area contributed by atoms with Crippen LogP contribution in [0.2, 0.25) is 0 Å². The van der Waals surface area contributed by atoms with Gasteiger partial charge in [0.15, 0.2) is 5.17 Å². The summed E-state index contributed by atoms with van der Waals surface area (Å²) in [4.78, 5) is 31.3. The Labute approximate surface area is 208 Å². The highest BCUT2D eigenvalue weighted by Crippen LogP contribution is 2.35. The number of likely N-dealkylation sites (tertiary alicyclic amines) is 1. The van der Waals surface area contributed by atoms with E-state index in [2.05, 4.69) is 41.9 Å². The average Bonchev–Trinajstić information content (AvgIpc) is 3.45. The number of aliphatic imine (C=N–C) groups is 1. The predicted molar refractivity (Wildman–Crippen MR) is 140 cm³/mol. The molecule has 2 amide bonds. The van der Waals surface area contributed by atoms with Gasteiger partial charge in [0.25, 0.3) is 5.91 Å². The van der Waals surface area contributed by atoms with E-state index in [1.807, 2.05) is 47.3 Å². The van der Waals surface area contributed by atoms with E-state index < -0.39 is 0 Å². The number of nitrogens with zero attached hydrogens (tertiary/aromatic N) is 4. The molecule has 3 heterocycles. The number of para-hydroxylation sites is 1. The molecule has 0 saturated carbocycles. The number of piperidine rings is 1. The van der Waals surface area contributed by atoms with E-state index in [-0.39, 0.29) is 17.7 Å². The van der Waals surface area contributed by atoms with Crippen molar-refractivity contribution in [3.8, 4) is 16.9 Å². The summed E-state index contributed by atoms with van der Waals surface area (Å²) in [6.45, 7) is 5.46. The Morgan fingerprint density at radius 3 is 2.57 bits per heavy atom. The van der Waals surface area contributed by atoms with E-state index in [4.69, 9.17) is 10.8 Å². The molecule has 7 nitrogen and oxygen atoms in total. The van der Waals surface area contributed by atoms with E-state index in [0.29, 0.717) is 36.0 Å². The number of hydrogen-bond donors (Lipinski definition) is 1. The lowest BCUT2D eigenvalue weighted by Crippen LogP contribution is -2.40. The molecular formula is C27H27N5O2S. The number of benzene rings is 2. The molecule has 8 heteroatoms. The van der Waals surface area contributed by atoms with Crippen LogP contribution in [0.3, 0.4) is 0 Å². The standard InChI is InChI=1S/C27H27N5O2S/c1-17-8-9-18(2)22(14-17)24-20(16-32(30-24)21-6-4-3-5-7-21)15-23-26(34)29-27(35-23)31-12-10-19(11-13-31)25(28)33/h3-9,14-16,19H,10-13H2,1-2H3,(H2,28,33). The topological polar surface area (TPSA) is 93.6 Å². The Kier molecular flexibility index (Phi) is 6.30. The Morgan fingerprint density at radius 1 is 1.11 bits per heavy atom. The van der Waals surface area contributed by atoms with Crippen molar-refractivity contribution >= 4 is 34.8 Å². The lowest BCUT2D eigenvalue weighted by atomic mass is 9.97. The summed E-state index contributed by atoms with van der Waals surface area (Å²) in [5.74, 6) is -0.606. The molecule has 0 aliphatic carbocycles. The Balaban J connectivity index is 1.47. The zero-order valence-electron chi connectivity index (χ0n) is 19.8. The molecule has 1 fully saturated rings. The lowest BCUT2D eigenvalue weighted by Gasteiger charge is -2.31. The van der Waals surface area contributed by atoms with Crippen LogP contribution in [0.15, 0.2) is 64.6 Å². The monoisotopic (exact) mass is 485 g/mol. The van der Waals surface area contributed by atoms with Crippen molar-refractivity contribution in [2.75, 3.05) is 13.1 Å². The normalized spacial score (nSPS) is 17.8. The van der Waals surface area contributed by atoms with Gasteiger partial charge >= 0.3 is 0 Å². The third-order valence-electron chi connectivity index (χ3n) is 6.48. The van der Waals surface area contributed by atoms with Crippen LogP contribution in [0.1, 0.15) is 29.5 Å². The molecule has 1 saturated heterocycles. The van der Waals surface area contributed by atoms with Crippen LogP contribution in [0, 0.1) is 19.8 Å². The zero-order chi connectivity index (χ0) is 24.5. The number of rotatable bonds is 4. The van der Waals surface area contributed by atoms with Gasteiger partial charge in [-0.15, -0.1) is 0 Å². The summed E-state index contributed by atoms with van der Waals surface area (Å²) in [6, 6.07) is 16.2. The minimum atomic E-state index is -0.253. The van der Waals surface area contributed by atoms with E-state index in [9.17, 15) is 9.59 Å². The van der Waals surface area contributed by atoms with Gasteiger partial charge in [0, 0.05) is 36.3 Å². The third kappa shape index (κ3) is 4.79. The van der Waals surface area contributed by atoms with Crippen LogP contribution < -0.4 is 5.73 Å². The lowest BCUT2D eigenvalue weighted by molar-refractivity contribution is -0.123. The molecule has 5 rings (SSSR count). The molecular weight excluding hydrogens is 458 g/mol. The van der Waals surface area contributed by atoms with Gasteiger partial charge in [0.1, 0.15) is 5.69 Å². The van der Waals surface area contributed by atoms with E-state index in [1.54, 1.807) is 0 Å². The summed E-state index contributed by atoms with van der Waals surface area (Å²) >= 11 is 1.38. The first-order valence-electron chi connectivity index (χ1n) is 11.7. The van der Waals surface area contributed by atoms with Gasteiger partial charge in [-0.1, -0.05) is 35.9 Å². The molecule has 2 aliphatic heterocycles. The van der Waals surface area contributed by atoms with Gasteiger partial charge < -0.3 is 10.6 Å². The third-order valence-corrected chi connectivity index (χ3v) is 7.52. The van der Waals surface area contributed by atoms with Crippen LogP contribution in [0.25, 0.3) is 23.0 Å². The number of amidine groups is 1. The van der Waals surface area contributed by atoms with Crippen LogP contribution in [-0.2, 0) is 9.59 Å². The van der Waals surface area contributed by atoms with Gasteiger partial charge in [-0.2, -0.15) is 10.1 Å². The highest BCUT2D eigenvalue weighted by molar-refractivity contribution is 8.18. The number of hydrogen-bond acceptors (Lipinski definition) is 5. The molecule has 2 aliphatic rings. The number of carbonyl (C=O) groups excluding carboxylic acids is 2. The highest BCUT2D eigenvalue weighted by Gasteiger charge is 2.31. The number of amides is 2. The van der Waals surface area contributed by atoms with Crippen molar-refractivity contribution < 1.29 is 9.59 Å². The minimum absolute atomic E-state index is 0.104. The maximum atomic E-state index is 12.8. The number of nitrogens with two attached hydrogens (primary N) is 1. The van der Waals surface area contributed by atoms with Crippen molar-refractivity contribution in [3.63, 3.8) is 0 Å². The summed E-state index contributed by atoms with van der Waals surface area (Å²) in [5.41, 5.74) is 11.4. The molecule has 0 bridgehead atoms. The van der Waals surface area contributed by atoms with Gasteiger partial charge in [-0.25, -0.2) is 4.68 Å². The number of aromatic nitrogens is 2. The molecule has 0 radical (unpaired) electrons. The number of carbonyl (C=O) groups is 2. The molecule has 1 aromatic heterocycles. The molecule has 2 N–H and O–H groups in total. The molecule has 0 spiro atoms. The second-order valence-corrected chi connectivity index (χ2v) is 10.0. The van der Waals surface area contributed by atoms with Crippen LogP contribution >= 0.6 is 11.8 Å². The Hall–Kier alpha value is -3.65. The molecule has 0 unspecified atom stereocenters. The first-order valence-corrected chi connectivity index (χ1v) is 12.5. The summed E-state index contributed by atoms with van der Waals surface area (Å²) < 4.78 is 1.85. The fourth-order valence-corrected chi connectivity index (χ4v) is 5.39. The average molecular weight is 486 g/mol. The molecule has 178 valence electrons. The first-order chi connectivity index (χ1) is 16.9. The second-order valence-electron chi connectivity index (χ2n) is 9.01. The number of thioether (sulfide) groups is 1. The van der Waals surface area contributed by atoms with E-state index in [1.165, 1.54) is 11.8 Å². The maximum Gasteiger partial charge on any atom is 0.286 e. The number of primary amides is 1. The van der Waals surface area contributed by atoms with Crippen molar-refractivity contribution in [1.29, 1.82) is 0 Å². The van der Waals surface area contributed by atoms with Crippen molar-refractivity contribution in [3.05, 3.63) is 76.3 Å². The second kappa shape index (κ2) is 9.54. The number of aryl methyl sites for hydroxylation is 2. The van der Waals surface area contributed by atoms with Crippen LogP contribution in [-0.4, -0.2) is 44.8 Å². The van der Waals surface area contributed by atoms with E-state index >= 15 is 0 Å². The largest absolute Gasteiger partial charge is 0.369 e. The fraction of sp³-hybridized carbons (Fsp3) is 0.259. The predicted octanol–water partition coefficient (Wildman–Crippen LogP) is 4.32. The quantitative estimate of drug-likeness (QED) is 0.556. The minimum Gasteiger partial charge on any atom is -0.369 e. The Morgan fingerprint density at radius 2 is 1.86 bits per heavy atom. The molecule has 0 atom stereocenters. The Bertz CT molecular complexity index is 1350. The molecule has 3 aromatic rings. The zero-order valence-corrected chi connectivity index (χ0v) is 20.6. The SMILES string of the molecule is Cc1ccc(C)c(-c2nn(-c3ccccc3)cc2C=C2SC(N3CCC(C(N)=O)CC3)=NC2=O)c1. The fourth-order valence-electron chi connectivity index (χ4n) is 4.44. The molecule has 2 aromatic carbocycles. The summed E-state index contributed by atoms with van der Waals surface area (Å²) in [7, 11) is 0. The summed E-state index contributed by atoms with van der Waals surface area (Å²) in [5, 5.41) is 5.60. The molecule has 35 heavy (non-hydrogen) atoms. The van der Waals surface area contributed by atoms with Crippen LogP contribution in [0.4, 0.5) is 0 Å². The van der Waals surface area contributed by atoms with Crippen LogP contribution in [0.5, 0.6) is 0 Å². The van der Waals surface area contributed by atoms with Gasteiger partial charge in [0.05, 0.1) is 10.6 Å². The van der Waals surface area contributed by atoms with Gasteiger partial charge in [0.2, 0.25) is 5.91 Å². The summed E-state index contributed by atoms with van der Waals surface area (Å²) in [6.07, 6.45) is 5.22. The maximum absolute atomic E-state index is 12.8. The smallest absolute Gasteiger partial charge is 0.286 e. The van der Waals surface area contributed by atoms with Crippen molar-refractivity contribution in [2.45, 2.75) is 26.7 Å². The first kappa shape index (κ1) is 23.1. The van der Waals surface area contributed by atoms with Gasteiger partial charge in [-0.05, 0) is 68.3 Å². The highest BCUT2D eigenvalue weighted by atomic mass is 32.2. The van der Waals surface area contributed by atoms with Crippen molar-refractivity contribution in [2.24, 2.45) is 16.6 Å². The van der Waals surface area contributed by atoms with E-state index in [0.717, 1.165) is 33.6 Å². The van der Waals surface area contributed by atoms with Gasteiger partial charge in [-0.3, -0.25) is 9.59 Å². The van der Waals surface area contributed by atoms with Crippen molar-refractivity contribution in [1.82, 2.24) is 14.7 Å².